The summed E-state index contributed by atoms with van der Waals surface area (Å²) in [6.07, 6.45) is 0. The molecule has 4 rings (SSSR count). The zero-order valence-corrected chi connectivity index (χ0v) is 18.3. The van der Waals surface area contributed by atoms with Crippen LogP contribution < -0.4 is 10.6 Å². The molecule has 0 spiro atoms. The van der Waals surface area contributed by atoms with Crippen LogP contribution in [0.15, 0.2) is 72.1 Å². The van der Waals surface area contributed by atoms with Crippen molar-refractivity contribution in [3.8, 4) is 11.3 Å². The third-order valence-electron chi connectivity index (χ3n) is 4.50. The van der Waals surface area contributed by atoms with Crippen LogP contribution in [-0.2, 0) is 0 Å². The lowest BCUT2D eigenvalue weighted by Crippen LogP contribution is -2.13. The smallest absolute Gasteiger partial charge is 0.255 e. The molecule has 2 N–H and O–H groups in total. The molecule has 0 unspecified atom stereocenters. The fraction of sp³-hybridized carbons (Fsp3) is 0.0435. The molecule has 150 valence electrons. The van der Waals surface area contributed by atoms with E-state index in [1.165, 1.54) is 11.3 Å². The molecule has 0 radical (unpaired) electrons. The fourth-order valence-corrected chi connectivity index (χ4v) is 3.99. The molecule has 0 bridgehead atoms. The second-order valence-electron chi connectivity index (χ2n) is 6.63. The molecular formula is C23H17Cl2N3OS. The molecule has 0 saturated heterocycles. The number of nitrogens with one attached hydrogen (secondary N) is 2. The van der Waals surface area contributed by atoms with Gasteiger partial charge in [0.05, 0.1) is 16.4 Å². The van der Waals surface area contributed by atoms with E-state index in [9.17, 15) is 4.79 Å². The summed E-state index contributed by atoms with van der Waals surface area (Å²) < 4.78 is 0. The number of benzene rings is 3. The van der Waals surface area contributed by atoms with Gasteiger partial charge in [0.25, 0.3) is 5.91 Å². The van der Waals surface area contributed by atoms with E-state index in [4.69, 9.17) is 23.2 Å². The molecule has 0 saturated carbocycles. The van der Waals surface area contributed by atoms with Crippen molar-refractivity contribution in [1.82, 2.24) is 4.98 Å². The first kappa shape index (κ1) is 20.4. The third-order valence-corrected chi connectivity index (χ3v) is 5.82. The van der Waals surface area contributed by atoms with E-state index in [1.807, 2.05) is 60.8 Å². The van der Waals surface area contributed by atoms with Crippen molar-refractivity contribution in [2.24, 2.45) is 0 Å². The molecule has 4 nitrogen and oxygen atoms in total. The molecule has 0 aliphatic rings. The summed E-state index contributed by atoms with van der Waals surface area (Å²) in [5.74, 6) is -0.126. The minimum absolute atomic E-state index is 0.126. The fourth-order valence-electron chi connectivity index (χ4n) is 2.92. The number of aromatic nitrogens is 1. The molecule has 1 aromatic heterocycles. The van der Waals surface area contributed by atoms with Crippen LogP contribution in [0.4, 0.5) is 16.5 Å². The molecule has 30 heavy (non-hydrogen) atoms. The number of amides is 1. The van der Waals surface area contributed by atoms with Crippen molar-refractivity contribution in [2.45, 2.75) is 6.92 Å². The first-order chi connectivity index (χ1) is 14.5. The number of hydrogen-bond acceptors (Lipinski definition) is 4. The summed E-state index contributed by atoms with van der Waals surface area (Å²) in [6, 6.07) is 20.3. The van der Waals surface area contributed by atoms with Gasteiger partial charge in [-0.25, -0.2) is 4.98 Å². The highest BCUT2D eigenvalue weighted by molar-refractivity contribution is 7.14. The maximum Gasteiger partial charge on any atom is 0.255 e. The number of hydrogen-bond donors (Lipinski definition) is 2. The Morgan fingerprint density at radius 2 is 1.77 bits per heavy atom. The van der Waals surface area contributed by atoms with Gasteiger partial charge in [-0.05, 0) is 48.9 Å². The van der Waals surface area contributed by atoms with Crippen LogP contribution in [0.1, 0.15) is 15.9 Å². The molecule has 0 aliphatic heterocycles. The van der Waals surface area contributed by atoms with Crippen LogP contribution in [0.5, 0.6) is 0 Å². The first-order valence-electron chi connectivity index (χ1n) is 9.14. The zero-order valence-electron chi connectivity index (χ0n) is 15.9. The van der Waals surface area contributed by atoms with Crippen molar-refractivity contribution in [3.05, 3.63) is 93.3 Å². The number of carbonyl (C=O) groups excluding carboxylic acids is 1. The van der Waals surface area contributed by atoms with E-state index in [-0.39, 0.29) is 5.91 Å². The van der Waals surface area contributed by atoms with E-state index >= 15 is 0 Å². The van der Waals surface area contributed by atoms with E-state index in [0.717, 1.165) is 22.5 Å². The topological polar surface area (TPSA) is 54.0 Å². The maximum absolute atomic E-state index is 12.5. The SMILES string of the molecule is Cc1ccccc1C(=O)Nc1ccc(-c2csc(Nc3cc(Cl)ccc3Cl)n2)cc1. The highest BCUT2D eigenvalue weighted by atomic mass is 35.5. The van der Waals surface area contributed by atoms with Crippen molar-refractivity contribution >= 4 is 57.0 Å². The summed E-state index contributed by atoms with van der Waals surface area (Å²) in [5.41, 5.74) is 4.82. The Kier molecular flexibility index (Phi) is 6.04. The number of thiazole rings is 1. The molecular weight excluding hydrogens is 437 g/mol. The van der Waals surface area contributed by atoms with E-state index < -0.39 is 0 Å². The summed E-state index contributed by atoms with van der Waals surface area (Å²) in [4.78, 5) is 17.1. The van der Waals surface area contributed by atoms with Gasteiger partial charge in [-0.3, -0.25) is 4.79 Å². The van der Waals surface area contributed by atoms with Gasteiger partial charge in [-0.1, -0.05) is 53.5 Å². The van der Waals surface area contributed by atoms with Crippen LogP contribution in [0.3, 0.4) is 0 Å². The largest absolute Gasteiger partial charge is 0.330 e. The number of carbonyl (C=O) groups is 1. The Morgan fingerprint density at radius 1 is 1.00 bits per heavy atom. The predicted molar refractivity (Wildman–Crippen MR) is 126 cm³/mol. The Balaban J connectivity index is 1.46. The summed E-state index contributed by atoms with van der Waals surface area (Å²) >= 11 is 13.7. The second-order valence-corrected chi connectivity index (χ2v) is 8.34. The molecule has 7 heteroatoms. The Hall–Kier alpha value is -2.86. The predicted octanol–water partition coefficient (Wildman–Crippen LogP) is 7.42. The lowest BCUT2D eigenvalue weighted by molar-refractivity contribution is 0.102. The lowest BCUT2D eigenvalue weighted by Gasteiger charge is -2.08. The van der Waals surface area contributed by atoms with Crippen LogP contribution in [0.2, 0.25) is 10.0 Å². The van der Waals surface area contributed by atoms with Crippen LogP contribution in [0, 0.1) is 6.92 Å². The Bertz CT molecular complexity index is 1210. The minimum Gasteiger partial charge on any atom is -0.330 e. The summed E-state index contributed by atoms with van der Waals surface area (Å²) in [5, 5.41) is 9.98. The van der Waals surface area contributed by atoms with Crippen LogP contribution in [-0.4, -0.2) is 10.9 Å². The summed E-state index contributed by atoms with van der Waals surface area (Å²) in [7, 11) is 0. The lowest BCUT2D eigenvalue weighted by atomic mass is 10.1. The average Bonchev–Trinajstić information content (AvgIpc) is 3.20. The molecule has 0 atom stereocenters. The number of anilines is 3. The highest BCUT2D eigenvalue weighted by Gasteiger charge is 2.10. The number of nitrogens with zero attached hydrogens (tertiary/aromatic N) is 1. The Morgan fingerprint density at radius 3 is 2.53 bits per heavy atom. The number of aryl methyl sites for hydroxylation is 1. The van der Waals surface area contributed by atoms with Crippen molar-refractivity contribution in [2.75, 3.05) is 10.6 Å². The summed E-state index contributed by atoms with van der Waals surface area (Å²) in [6.45, 7) is 1.92. The maximum atomic E-state index is 12.5. The molecule has 1 heterocycles. The van der Waals surface area contributed by atoms with Gasteiger partial charge in [-0.15, -0.1) is 11.3 Å². The normalized spacial score (nSPS) is 10.6. The van der Waals surface area contributed by atoms with Gasteiger partial charge >= 0.3 is 0 Å². The second kappa shape index (κ2) is 8.88. The average molecular weight is 454 g/mol. The van der Waals surface area contributed by atoms with Crippen LogP contribution in [0.25, 0.3) is 11.3 Å². The first-order valence-corrected chi connectivity index (χ1v) is 10.8. The van der Waals surface area contributed by atoms with Crippen molar-refractivity contribution < 1.29 is 4.79 Å². The molecule has 0 aliphatic carbocycles. The molecule has 4 aromatic rings. The van der Waals surface area contributed by atoms with Crippen molar-refractivity contribution in [1.29, 1.82) is 0 Å². The van der Waals surface area contributed by atoms with Gasteiger partial charge in [0.2, 0.25) is 0 Å². The molecule has 0 fully saturated rings. The number of rotatable bonds is 5. The van der Waals surface area contributed by atoms with Gasteiger partial charge in [0, 0.05) is 27.2 Å². The van der Waals surface area contributed by atoms with E-state index in [2.05, 4.69) is 15.6 Å². The van der Waals surface area contributed by atoms with Crippen molar-refractivity contribution in [3.63, 3.8) is 0 Å². The highest BCUT2D eigenvalue weighted by Crippen LogP contribution is 2.32. The molecule has 1 amide bonds. The zero-order chi connectivity index (χ0) is 21.1. The van der Waals surface area contributed by atoms with Crippen LogP contribution >= 0.6 is 34.5 Å². The van der Waals surface area contributed by atoms with E-state index in [1.54, 1.807) is 18.2 Å². The monoisotopic (exact) mass is 453 g/mol. The Labute approximate surface area is 188 Å². The quantitative estimate of drug-likeness (QED) is 0.330. The van der Waals surface area contributed by atoms with Gasteiger partial charge < -0.3 is 10.6 Å². The standard InChI is InChI=1S/C23H17Cl2N3OS/c1-14-4-2-3-5-18(14)22(29)26-17-9-6-15(7-10-17)21-13-30-23(28-21)27-20-12-16(24)8-11-19(20)25/h2-13H,1H3,(H,26,29)(H,27,28). The number of halogens is 2. The third kappa shape index (κ3) is 4.65. The van der Waals surface area contributed by atoms with Gasteiger partial charge in [0.1, 0.15) is 0 Å². The van der Waals surface area contributed by atoms with Gasteiger partial charge in [-0.2, -0.15) is 0 Å². The van der Waals surface area contributed by atoms with Gasteiger partial charge in [0.15, 0.2) is 5.13 Å². The van der Waals surface area contributed by atoms with E-state index in [0.29, 0.717) is 26.4 Å². The minimum atomic E-state index is -0.126. The molecule has 3 aromatic carbocycles.